The molecule has 0 atom stereocenters. The van der Waals surface area contributed by atoms with Crippen LogP contribution in [-0.2, 0) is 13.2 Å². The zero-order valence-corrected chi connectivity index (χ0v) is 18.0. The van der Waals surface area contributed by atoms with Crippen LogP contribution in [0.3, 0.4) is 0 Å². The highest BCUT2D eigenvalue weighted by molar-refractivity contribution is 5.91. The summed E-state index contributed by atoms with van der Waals surface area (Å²) < 4.78 is 11.4. The molecule has 0 aliphatic rings. The fourth-order valence-electron chi connectivity index (χ4n) is 3.25. The first-order valence-corrected chi connectivity index (χ1v) is 10.2. The summed E-state index contributed by atoms with van der Waals surface area (Å²) in [5, 5.41) is 8.52. The molecule has 0 fully saturated rings. The molecule has 32 heavy (non-hydrogen) atoms. The minimum atomic E-state index is -0.212. The Hall–Kier alpha value is -4.13. The lowest BCUT2D eigenvalue weighted by Crippen LogP contribution is -2.26. The number of benzene rings is 3. The van der Waals surface area contributed by atoms with Crippen molar-refractivity contribution in [2.24, 2.45) is 0 Å². The van der Waals surface area contributed by atoms with Gasteiger partial charge in [0, 0.05) is 13.6 Å². The van der Waals surface area contributed by atoms with Gasteiger partial charge in [0.2, 0.25) is 0 Å². The van der Waals surface area contributed by atoms with Gasteiger partial charge in [-0.25, -0.2) is 0 Å². The van der Waals surface area contributed by atoms with E-state index in [1.165, 1.54) is 11.0 Å². The van der Waals surface area contributed by atoms with E-state index in [4.69, 9.17) is 9.47 Å². The topological polar surface area (TPSA) is 69.5 Å². The number of nitrogens with zero attached hydrogens (tertiary/aromatic N) is 4. The quantitative estimate of drug-likeness (QED) is 0.422. The molecule has 4 aromatic rings. The molecule has 162 valence electrons. The Bertz CT molecular complexity index is 1180. The Balaban J connectivity index is 1.42. The number of carbonyl (C=O) groups excluding carboxylic acids is 1. The molecule has 7 nitrogen and oxygen atoms in total. The second-order valence-corrected chi connectivity index (χ2v) is 7.28. The molecule has 0 aliphatic carbocycles. The number of hydrogen-bond donors (Lipinski definition) is 0. The zero-order valence-electron chi connectivity index (χ0n) is 18.0. The van der Waals surface area contributed by atoms with Crippen molar-refractivity contribution in [1.82, 2.24) is 19.9 Å². The molecule has 0 bridgehead atoms. The van der Waals surface area contributed by atoms with E-state index in [1.54, 1.807) is 19.1 Å². The third-order valence-electron chi connectivity index (χ3n) is 4.93. The van der Waals surface area contributed by atoms with Gasteiger partial charge in [-0.1, -0.05) is 54.6 Å². The minimum absolute atomic E-state index is 0.212. The van der Waals surface area contributed by atoms with E-state index in [-0.39, 0.29) is 11.6 Å². The maximum Gasteiger partial charge on any atom is 0.276 e. The van der Waals surface area contributed by atoms with Crippen molar-refractivity contribution in [2.75, 3.05) is 14.2 Å². The van der Waals surface area contributed by atoms with E-state index in [2.05, 4.69) is 10.2 Å². The van der Waals surface area contributed by atoms with Crippen molar-refractivity contribution in [2.45, 2.75) is 13.2 Å². The smallest absolute Gasteiger partial charge is 0.276 e. The second kappa shape index (κ2) is 9.78. The van der Waals surface area contributed by atoms with Crippen molar-refractivity contribution < 1.29 is 14.3 Å². The number of amides is 1. The van der Waals surface area contributed by atoms with Crippen LogP contribution in [0.4, 0.5) is 0 Å². The first-order valence-electron chi connectivity index (χ1n) is 10.2. The van der Waals surface area contributed by atoms with Crippen LogP contribution in [0.1, 0.15) is 21.6 Å². The van der Waals surface area contributed by atoms with Crippen molar-refractivity contribution in [3.8, 4) is 17.2 Å². The molecule has 0 unspecified atom stereocenters. The predicted molar refractivity (Wildman–Crippen MR) is 121 cm³/mol. The largest absolute Gasteiger partial charge is 0.493 e. The lowest BCUT2D eigenvalue weighted by Gasteiger charge is -2.17. The van der Waals surface area contributed by atoms with Crippen LogP contribution < -0.4 is 9.47 Å². The summed E-state index contributed by atoms with van der Waals surface area (Å²) in [6.07, 6.45) is 1.48. The molecule has 1 heterocycles. The molecule has 1 amide bonds. The highest BCUT2D eigenvalue weighted by Gasteiger charge is 2.17. The van der Waals surface area contributed by atoms with Crippen LogP contribution >= 0.6 is 0 Å². The second-order valence-electron chi connectivity index (χ2n) is 7.28. The maximum atomic E-state index is 12.8. The summed E-state index contributed by atoms with van der Waals surface area (Å²) in [4.78, 5) is 15.9. The van der Waals surface area contributed by atoms with Gasteiger partial charge in [0.25, 0.3) is 5.91 Å². The Labute approximate surface area is 186 Å². The van der Waals surface area contributed by atoms with Gasteiger partial charge in [-0.2, -0.15) is 9.90 Å². The van der Waals surface area contributed by atoms with Gasteiger partial charge in [-0.05, 0) is 35.4 Å². The van der Waals surface area contributed by atoms with Crippen LogP contribution in [0.15, 0.2) is 85.1 Å². The monoisotopic (exact) mass is 428 g/mol. The summed E-state index contributed by atoms with van der Waals surface area (Å²) in [5.41, 5.74) is 3.07. The first kappa shape index (κ1) is 21.1. The van der Waals surface area contributed by atoms with E-state index in [1.807, 2.05) is 78.9 Å². The molecule has 0 N–H and O–H groups in total. The van der Waals surface area contributed by atoms with E-state index in [0.29, 0.717) is 24.7 Å². The normalized spacial score (nSPS) is 10.6. The predicted octanol–water partition coefficient (Wildman–Crippen LogP) is 4.13. The molecule has 7 heteroatoms. The highest BCUT2D eigenvalue weighted by Crippen LogP contribution is 2.29. The first-order chi connectivity index (χ1) is 15.6. The summed E-state index contributed by atoms with van der Waals surface area (Å²) in [6, 6.07) is 25.1. The van der Waals surface area contributed by atoms with E-state index < -0.39 is 0 Å². The van der Waals surface area contributed by atoms with Gasteiger partial charge in [-0.3, -0.25) is 4.79 Å². The van der Waals surface area contributed by atoms with Crippen molar-refractivity contribution >= 4 is 5.91 Å². The van der Waals surface area contributed by atoms with E-state index in [0.717, 1.165) is 16.8 Å². The van der Waals surface area contributed by atoms with Gasteiger partial charge in [0.15, 0.2) is 17.2 Å². The third-order valence-corrected chi connectivity index (χ3v) is 4.93. The highest BCUT2D eigenvalue weighted by atomic mass is 16.5. The summed E-state index contributed by atoms with van der Waals surface area (Å²) in [5.74, 6) is 1.06. The summed E-state index contributed by atoms with van der Waals surface area (Å²) in [7, 11) is 3.33. The number of carbonyl (C=O) groups is 1. The zero-order chi connectivity index (χ0) is 22.3. The number of para-hydroxylation sites is 1. The molecule has 4 rings (SSSR count). The van der Waals surface area contributed by atoms with E-state index >= 15 is 0 Å². The number of ether oxygens (including phenoxy) is 2. The molecule has 3 aromatic carbocycles. The van der Waals surface area contributed by atoms with Gasteiger partial charge in [0.05, 0.1) is 19.0 Å². The van der Waals surface area contributed by atoms with Gasteiger partial charge in [0.1, 0.15) is 6.61 Å². The molecule has 0 spiro atoms. The van der Waals surface area contributed by atoms with Crippen molar-refractivity contribution in [3.05, 3.63) is 102 Å². The van der Waals surface area contributed by atoms with Gasteiger partial charge < -0.3 is 14.4 Å². The summed E-state index contributed by atoms with van der Waals surface area (Å²) >= 11 is 0. The lowest BCUT2D eigenvalue weighted by molar-refractivity contribution is 0.0778. The number of methoxy groups -OCH3 is 1. The van der Waals surface area contributed by atoms with E-state index in [9.17, 15) is 4.79 Å². The average Bonchev–Trinajstić information content (AvgIpc) is 3.34. The summed E-state index contributed by atoms with van der Waals surface area (Å²) in [6.45, 7) is 0.846. The average molecular weight is 428 g/mol. The number of aromatic nitrogens is 3. The SMILES string of the molecule is COc1cc(CN(C)C(=O)c2cnn(-c3ccccc3)n2)ccc1OCc1ccccc1. The van der Waals surface area contributed by atoms with Crippen molar-refractivity contribution in [1.29, 1.82) is 0 Å². The van der Waals surface area contributed by atoms with Crippen LogP contribution in [0.2, 0.25) is 0 Å². The van der Waals surface area contributed by atoms with Crippen LogP contribution in [-0.4, -0.2) is 40.0 Å². The van der Waals surface area contributed by atoms with Crippen LogP contribution in [0, 0.1) is 0 Å². The maximum absolute atomic E-state index is 12.8. The molecule has 0 aliphatic heterocycles. The Morgan fingerprint density at radius 2 is 1.66 bits per heavy atom. The Morgan fingerprint density at radius 1 is 0.938 bits per heavy atom. The molecular formula is C25H24N4O3. The number of rotatable bonds is 8. The third kappa shape index (κ3) is 4.95. The fourth-order valence-corrected chi connectivity index (χ4v) is 3.25. The lowest BCUT2D eigenvalue weighted by atomic mass is 10.2. The Kier molecular flexibility index (Phi) is 6.46. The standard InChI is InChI=1S/C25H24N4O3/c1-28(25(30)22-16-26-29(27-22)21-11-7-4-8-12-21)17-20-13-14-23(24(15-20)31-2)32-18-19-9-5-3-6-10-19/h3-16H,17-18H2,1-2H3. The molecule has 0 saturated carbocycles. The minimum Gasteiger partial charge on any atom is -0.493 e. The Morgan fingerprint density at radius 3 is 2.38 bits per heavy atom. The van der Waals surface area contributed by atoms with Gasteiger partial charge >= 0.3 is 0 Å². The van der Waals surface area contributed by atoms with Crippen LogP contribution in [0.25, 0.3) is 5.69 Å². The van der Waals surface area contributed by atoms with Crippen molar-refractivity contribution in [3.63, 3.8) is 0 Å². The number of hydrogen-bond acceptors (Lipinski definition) is 5. The molecule has 0 saturated heterocycles. The molecule has 1 aromatic heterocycles. The van der Waals surface area contributed by atoms with Crippen LogP contribution in [0.5, 0.6) is 11.5 Å². The molecular weight excluding hydrogens is 404 g/mol. The van der Waals surface area contributed by atoms with Gasteiger partial charge in [-0.15, -0.1) is 5.10 Å². The molecule has 0 radical (unpaired) electrons. The fraction of sp³-hybridized carbons (Fsp3) is 0.160.